The van der Waals surface area contributed by atoms with Crippen molar-refractivity contribution in [1.82, 2.24) is 5.32 Å². The van der Waals surface area contributed by atoms with Gasteiger partial charge in [-0.05, 0) is 43.0 Å². The zero-order valence-corrected chi connectivity index (χ0v) is 10.7. The molecule has 0 aliphatic heterocycles. The summed E-state index contributed by atoms with van der Waals surface area (Å²) in [7, 11) is 0. The topological polar surface area (TPSA) is 32.3 Å². The van der Waals surface area contributed by atoms with Crippen molar-refractivity contribution in [1.29, 1.82) is 0 Å². The van der Waals surface area contributed by atoms with Crippen LogP contribution >= 0.6 is 15.9 Å². The largest absolute Gasteiger partial charge is 0.392 e. The highest BCUT2D eigenvalue weighted by Gasteiger charge is 2.25. The maximum Gasteiger partial charge on any atom is 0.127 e. The number of nitrogens with one attached hydrogen (secondary N) is 1. The minimum absolute atomic E-state index is 0.134. The number of rotatable bonds is 3. The van der Waals surface area contributed by atoms with Crippen LogP contribution in [0.3, 0.4) is 0 Å². The third-order valence-corrected chi connectivity index (χ3v) is 3.37. The van der Waals surface area contributed by atoms with Gasteiger partial charge in [0.05, 0.1) is 6.10 Å². The Labute approximate surface area is 103 Å². The van der Waals surface area contributed by atoms with E-state index in [0.717, 1.165) is 28.4 Å². The highest BCUT2D eigenvalue weighted by Crippen LogP contribution is 2.34. The first-order valence-electron chi connectivity index (χ1n) is 5.47. The van der Waals surface area contributed by atoms with Gasteiger partial charge >= 0.3 is 0 Å². The Hall–Kier alpha value is -0.450. The van der Waals surface area contributed by atoms with Crippen molar-refractivity contribution < 1.29 is 9.50 Å². The molecule has 2 N–H and O–H groups in total. The number of hydrogen-bond acceptors (Lipinski definition) is 2. The fourth-order valence-corrected chi connectivity index (χ4v) is 2.61. The van der Waals surface area contributed by atoms with E-state index in [2.05, 4.69) is 21.2 Å². The number of aliphatic hydroxyl groups excluding tert-OH is 1. The quantitative estimate of drug-likeness (QED) is 0.896. The Bertz CT molecular complexity index is 395. The lowest BCUT2D eigenvalue weighted by molar-refractivity contribution is 0.186. The Balaban J connectivity index is 2.19. The van der Waals surface area contributed by atoms with E-state index < -0.39 is 0 Å². The zero-order valence-electron chi connectivity index (χ0n) is 9.13. The van der Waals surface area contributed by atoms with Crippen molar-refractivity contribution in [2.75, 3.05) is 6.54 Å². The fraction of sp³-hybridized carbons (Fsp3) is 0.500. The van der Waals surface area contributed by atoms with Crippen LogP contribution in [0.5, 0.6) is 0 Å². The Morgan fingerprint density at radius 1 is 1.62 bits per heavy atom. The van der Waals surface area contributed by atoms with E-state index in [4.69, 9.17) is 0 Å². The summed E-state index contributed by atoms with van der Waals surface area (Å²) in [5.41, 5.74) is 1.83. The van der Waals surface area contributed by atoms with Crippen molar-refractivity contribution in [3.05, 3.63) is 33.5 Å². The predicted octanol–water partition coefficient (Wildman–Crippen LogP) is 2.55. The second-order valence-corrected chi connectivity index (χ2v) is 5.22. The molecule has 16 heavy (non-hydrogen) atoms. The Morgan fingerprint density at radius 3 is 3.06 bits per heavy atom. The lowest BCUT2D eigenvalue weighted by atomic mass is 10.1. The predicted molar refractivity (Wildman–Crippen MR) is 64.8 cm³/mol. The summed E-state index contributed by atoms with van der Waals surface area (Å²) < 4.78 is 14.4. The van der Waals surface area contributed by atoms with Crippen LogP contribution in [0.2, 0.25) is 0 Å². The number of halogens is 2. The van der Waals surface area contributed by atoms with Gasteiger partial charge in [-0.25, -0.2) is 4.39 Å². The standard InChI is InChI=1S/C12H15BrFNO/c1-7(16)6-15-12-3-2-9-10(12)4-8(13)5-11(9)14/h4-5,7,12,15-16H,2-3,6H2,1H3. The van der Waals surface area contributed by atoms with Crippen LogP contribution in [0.25, 0.3) is 0 Å². The molecule has 0 saturated carbocycles. The zero-order chi connectivity index (χ0) is 11.7. The molecule has 0 saturated heterocycles. The lowest BCUT2D eigenvalue weighted by Crippen LogP contribution is -2.27. The first-order chi connectivity index (χ1) is 7.58. The smallest absolute Gasteiger partial charge is 0.127 e. The van der Waals surface area contributed by atoms with E-state index in [1.54, 1.807) is 6.92 Å². The first kappa shape index (κ1) is 12.0. The summed E-state index contributed by atoms with van der Waals surface area (Å²) in [6.07, 6.45) is 1.29. The summed E-state index contributed by atoms with van der Waals surface area (Å²) in [6, 6.07) is 3.64. The van der Waals surface area contributed by atoms with E-state index in [0.29, 0.717) is 6.54 Å². The molecule has 1 aliphatic rings. The van der Waals surface area contributed by atoms with Crippen LogP contribution in [0.15, 0.2) is 16.6 Å². The first-order valence-corrected chi connectivity index (χ1v) is 6.26. The molecule has 4 heteroatoms. The number of fused-ring (bicyclic) bond motifs is 1. The van der Waals surface area contributed by atoms with Crippen molar-refractivity contribution in [2.24, 2.45) is 0 Å². The van der Waals surface area contributed by atoms with Gasteiger partial charge in [-0.2, -0.15) is 0 Å². The molecule has 0 fully saturated rings. The summed E-state index contributed by atoms with van der Waals surface area (Å²) in [4.78, 5) is 0. The van der Waals surface area contributed by atoms with E-state index in [9.17, 15) is 9.50 Å². The van der Waals surface area contributed by atoms with Gasteiger partial charge in [-0.3, -0.25) is 0 Å². The third-order valence-electron chi connectivity index (χ3n) is 2.91. The van der Waals surface area contributed by atoms with Crippen molar-refractivity contribution >= 4 is 15.9 Å². The highest BCUT2D eigenvalue weighted by molar-refractivity contribution is 9.10. The average molecular weight is 288 g/mol. The summed E-state index contributed by atoms with van der Waals surface area (Å²) in [5.74, 6) is -0.134. The molecule has 1 aromatic rings. The molecule has 2 atom stereocenters. The van der Waals surface area contributed by atoms with Gasteiger partial charge in [0.1, 0.15) is 5.82 Å². The molecule has 0 spiro atoms. The van der Waals surface area contributed by atoms with E-state index >= 15 is 0 Å². The van der Waals surface area contributed by atoms with Gasteiger partial charge in [-0.15, -0.1) is 0 Å². The molecule has 1 aromatic carbocycles. The van der Waals surface area contributed by atoms with Gasteiger partial charge in [0.15, 0.2) is 0 Å². The second kappa shape index (κ2) is 4.82. The van der Waals surface area contributed by atoms with Crippen LogP contribution in [0.1, 0.15) is 30.5 Å². The minimum atomic E-state index is -0.374. The molecule has 2 rings (SSSR count). The monoisotopic (exact) mass is 287 g/mol. The summed E-state index contributed by atoms with van der Waals surface area (Å²) in [5, 5.41) is 12.5. The molecule has 2 unspecified atom stereocenters. The summed E-state index contributed by atoms with van der Waals surface area (Å²) in [6.45, 7) is 2.28. The van der Waals surface area contributed by atoms with E-state index in [1.807, 2.05) is 6.07 Å². The van der Waals surface area contributed by atoms with Crippen LogP contribution in [-0.4, -0.2) is 17.8 Å². The van der Waals surface area contributed by atoms with Crippen molar-refractivity contribution in [3.8, 4) is 0 Å². The lowest BCUT2D eigenvalue weighted by Gasteiger charge is -2.15. The molecule has 0 heterocycles. The molecule has 0 amide bonds. The van der Waals surface area contributed by atoms with Crippen LogP contribution in [0.4, 0.5) is 4.39 Å². The number of aliphatic hydroxyl groups is 1. The molecule has 1 aliphatic carbocycles. The normalized spacial score (nSPS) is 20.9. The molecule has 0 radical (unpaired) electrons. The summed E-state index contributed by atoms with van der Waals surface area (Å²) >= 11 is 3.31. The number of benzene rings is 1. The van der Waals surface area contributed by atoms with Gasteiger partial charge in [0.2, 0.25) is 0 Å². The minimum Gasteiger partial charge on any atom is -0.392 e. The third kappa shape index (κ3) is 2.44. The maximum atomic E-state index is 13.6. The molecule has 2 nitrogen and oxygen atoms in total. The Kier molecular flexibility index (Phi) is 3.62. The maximum absolute atomic E-state index is 13.6. The van der Waals surface area contributed by atoms with Gasteiger partial charge in [0.25, 0.3) is 0 Å². The van der Waals surface area contributed by atoms with E-state index in [1.165, 1.54) is 6.07 Å². The van der Waals surface area contributed by atoms with Crippen molar-refractivity contribution in [3.63, 3.8) is 0 Å². The van der Waals surface area contributed by atoms with Crippen LogP contribution < -0.4 is 5.32 Å². The molecular formula is C12H15BrFNO. The molecule has 0 aromatic heterocycles. The highest BCUT2D eigenvalue weighted by atomic mass is 79.9. The van der Waals surface area contributed by atoms with Gasteiger partial charge < -0.3 is 10.4 Å². The molecular weight excluding hydrogens is 273 g/mol. The molecule has 88 valence electrons. The Morgan fingerprint density at radius 2 is 2.38 bits per heavy atom. The van der Waals surface area contributed by atoms with Crippen molar-refractivity contribution in [2.45, 2.75) is 31.9 Å². The molecule has 0 bridgehead atoms. The van der Waals surface area contributed by atoms with Gasteiger partial charge in [0, 0.05) is 17.1 Å². The second-order valence-electron chi connectivity index (χ2n) is 4.30. The van der Waals surface area contributed by atoms with Crippen LogP contribution in [-0.2, 0) is 6.42 Å². The average Bonchev–Trinajstić information content (AvgIpc) is 2.58. The van der Waals surface area contributed by atoms with Gasteiger partial charge in [-0.1, -0.05) is 15.9 Å². The SMILES string of the molecule is CC(O)CNC1CCc2c(F)cc(Br)cc21. The van der Waals surface area contributed by atoms with E-state index in [-0.39, 0.29) is 18.0 Å². The van der Waals surface area contributed by atoms with Crippen LogP contribution in [0, 0.1) is 5.82 Å². The fourth-order valence-electron chi connectivity index (χ4n) is 2.17. The number of hydrogen-bond donors (Lipinski definition) is 2.